The maximum Gasteiger partial charge on any atom is 0.328 e. The Kier molecular flexibility index (Phi) is 19.1. The second kappa shape index (κ2) is 23.1. The van der Waals surface area contributed by atoms with Gasteiger partial charge >= 0.3 is 11.9 Å². The summed E-state index contributed by atoms with van der Waals surface area (Å²) in [5, 5.41) is 13.7. The molecule has 3 N–H and O–H groups in total. The van der Waals surface area contributed by atoms with E-state index >= 15 is 0 Å². The number of imide groups is 1. The number of nitrogens with zero attached hydrogens (tertiary/aromatic N) is 1. The number of carbonyl (C=O) groups excluding carboxylic acids is 5. The largest absolute Gasteiger partial charge is 0.491 e. The van der Waals surface area contributed by atoms with Gasteiger partial charge in [-0.15, -0.1) is 0 Å². The first kappa shape index (κ1) is 38.8. The number of esters is 1. The molecule has 15 nitrogen and oxygen atoms in total. The van der Waals surface area contributed by atoms with E-state index in [2.05, 4.69) is 10.6 Å². The Morgan fingerprint density at radius 2 is 1.51 bits per heavy atom. The van der Waals surface area contributed by atoms with Crippen LogP contribution in [0.5, 0.6) is 5.75 Å². The fourth-order valence-electron chi connectivity index (χ4n) is 4.09. The summed E-state index contributed by atoms with van der Waals surface area (Å²) in [4.78, 5) is 73.0. The Balaban J connectivity index is 1.69. The second-order valence-electron chi connectivity index (χ2n) is 10.3. The molecule has 1 aromatic carbocycles. The minimum absolute atomic E-state index is 0.0513. The van der Waals surface area contributed by atoms with Crippen LogP contribution < -0.4 is 15.4 Å². The summed E-state index contributed by atoms with van der Waals surface area (Å²) in [7, 11) is 0. The van der Waals surface area contributed by atoms with E-state index in [1.54, 1.807) is 18.2 Å². The monoisotopic (exact) mass is 663 g/mol. The van der Waals surface area contributed by atoms with Crippen molar-refractivity contribution < 1.29 is 57.6 Å². The molecule has 0 saturated carbocycles. The number of carboxylic acid groups (broad SMARTS) is 1. The summed E-state index contributed by atoms with van der Waals surface area (Å²) in [6, 6.07) is 5.46. The summed E-state index contributed by atoms with van der Waals surface area (Å²) < 4.78 is 26.8. The molecule has 47 heavy (non-hydrogen) atoms. The number of unbranched alkanes of at least 4 members (excludes halogenated alkanes) is 2. The van der Waals surface area contributed by atoms with Crippen molar-refractivity contribution in [2.45, 2.75) is 51.5 Å². The second-order valence-corrected chi connectivity index (χ2v) is 10.3. The molecular weight excluding hydrogens is 618 g/mol. The van der Waals surface area contributed by atoms with Crippen LogP contribution in [-0.2, 0) is 42.9 Å². The highest BCUT2D eigenvalue weighted by atomic mass is 16.6. The number of carboxylic acids is 1. The molecule has 0 aliphatic carbocycles. The summed E-state index contributed by atoms with van der Waals surface area (Å²) in [6.07, 6.45) is 4.98. The molecule has 1 heterocycles. The molecule has 2 rings (SSSR count). The minimum Gasteiger partial charge on any atom is -0.491 e. The van der Waals surface area contributed by atoms with Gasteiger partial charge in [0, 0.05) is 24.3 Å². The molecule has 0 aromatic heterocycles. The number of amides is 4. The van der Waals surface area contributed by atoms with Crippen LogP contribution in [-0.4, -0.2) is 118 Å². The maximum atomic E-state index is 12.7. The molecule has 1 aromatic rings. The number of hydrogen-bond acceptors (Lipinski definition) is 11. The lowest BCUT2D eigenvalue weighted by molar-refractivity contribution is -0.148. The SMILES string of the molecule is CCCCOC(=O)[C@H](CCCCN1C(=O)C=CC1=O)NC(=O)CNC(=O)c1cccc(OCCOCCOCCOCCC(=O)O)c1. The molecule has 0 saturated heterocycles. The molecular formula is C32H45N3O12. The first-order chi connectivity index (χ1) is 22.7. The highest BCUT2D eigenvalue weighted by Gasteiger charge is 2.25. The van der Waals surface area contributed by atoms with E-state index in [-0.39, 0.29) is 69.7 Å². The van der Waals surface area contributed by atoms with Crippen LogP contribution in [0.1, 0.15) is 55.8 Å². The fourth-order valence-corrected chi connectivity index (χ4v) is 4.09. The van der Waals surface area contributed by atoms with Gasteiger partial charge in [0.2, 0.25) is 5.91 Å². The van der Waals surface area contributed by atoms with E-state index in [0.717, 1.165) is 11.3 Å². The first-order valence-electron chi connectivity index (χ1n) is 15.7. The Morgan fingerprint density at radius 1 is 0.851 bits per heavy atom. The van der Waals surface area contributed by atoms with E-state index in [9.17, 15) is 28.8 Å². The van der Waals surface area contributed by atoms with E-state index in [0.29, 0.717) is 51.4 Å². The zero-order valence-corrected chi connectivity index (χ0v) is 26.7. The van der Waals surface area contributed by atoms with Crippen LogP contribution in [0, 0.1) is 0 Å². The molecule has 1 aliphatic rings. The molecule has 15 heteroatoms. The van der Waals surface area contributed by atoms with Crippen molar-refractivity contribution in [2.24, 2.45) is 0 Å². The topological polar surface area (TPSA) is 196 Å². The van der Waals surface area contributed by atoms with E-state index < -0.39 is 29.8 Å². The van der Waals surface area contributed by atoms with Gasteiger partial charge in [-0.05, 0) is 43.9 Å². The zero-order chi connectivity index (χ0) is 34.3. The van der Waals surface area contributed by atoms with Crippen LogP contribution in [0.2, 0.25) is 0 Å². The molecule has 0 radical (unpaired) electrons. The minimum atomic E-state index is -0.950. The van der Waals surface area contributed by atoms with Crippen LogP contribution >= 0.6 is 0 Å². The van der Waals surface area contributed by atoms with Crippen LogP contribution in [0.25, 0.3) is 0 Å². The zero-order valence-electron chi connectivity index (χ0n) is 26.7. The van der Waals surface area contributed by atoms with Crippen molar-refractivity contribution in [1.29, 1.82) is 0 Å². The smallest absolute Gasteiger partial charge is 0.328 e. The van der Waals surface area contributed by atoms with Crippen LogP contribution in [0.4, 0.5) is 0 Å². The standard InChI is InChI=1S/C32H45N3O12/c1-2-3-14-47-32(42)26(9-4-5-13-35-28(37)10-11-29(35)38)34-27(36)23-33-31(41)24-7-6-8-25(22-24)46-21-20-45-19-18-44-17-16-43-15-12-30(39)40/h6-8,10-11,22,26H,2-5,9,12-21,23H2,1H3,(H,33,41)(H,34,36)(H,39,40)/t26-/m0/s1. The lowest BCUT2D eigenvalue weighted by Crippen LogP contribution is -2.46. The lowest BCUT2D eigenvalue weighted by Gasteiger charge is -2.19. The predicted octanol–water partition coefficient (Wildman–Crippen LogP) is 1.24. The average Bonchev–Trinajstić information content (AvgIpc) is 3.37. The van der Waals surface area contributed by atoms with Crippen molar-refractivity contribution in [2.75, 3.05) is 65.9 Å². The number of carbonyl (C=O) groups is 6. The number of benzene rings is 1. The predicted molar refractivity (Wildman–Crippen MR) is 166 cm³/mol. The third kappa shape index (κ3) is 16.7. The molecule has 0 bridgehead atoms. The lowest BCUT2D eigenvalue weighted by atomic mass is 10.1. The van der Waals surface area contributed by atoms with Gasteiger partial charge in [-0.2, -0.15) is 0 Å². The summed E-state index contributed by atoms with van der Waals surface area (Å²) in [5.74, 6) is -2.92. The molecule has 0 fully saturated rings. The van der Waals surface area contributed by atoms with Gasteiger partial charge in [-0.3, -0.25) is 28.9 Å². The maximum absolute atomic E-state index is 12.7. The fraction of sp³-hybridized carbons (Fsp3) is 0.562. The Labute approximate surface area is 273 Å². The molecule has 1 atom stereocenters. The highest BCUT2D eigenvalue weighted by Crippen LogP contribution is 2.13. The molecule has 0 spiro atoms. The summed E-state index contributed by atoms with van der Waals surface area (Å²) in [5.41, 5.74) is 0.270. The van der Waals surface area contributed by atoms with Crippen LogP contribution in [0.15, 0.2) is 36.4 Å². The summed E-state index contributed by atoms with van der Waals surface area (Å²) in [6.45, 7) is 3.93. The van der Waals surface area contributed by atoms with E-state index in [1.165, 1.54) is 18.2 Å². The normalized spacial score (nSPS) is 13.0. The molecule has 4 amide bonds. The average molecular weight is 664 g/mol. The molecule has 0 unspecified atom stereocenters. The van der Waals surface area contributed by atoms with Crippen molar-refractivity contribution in [1.82, 2.24) is 15.5 Å². The Morgan fingerprint density at radius 3 is 2.17 bits per heavy atom. The van der Waals surface area contributed by atoms with Crippen molar-refractivity contribution in [3.05, 3.63) is 42.0 Å². The van der Waals surface area contributed by atoms with Crippen molar-refractivity contribution in [3.63, 3.8) is 0 Å². The van der Waals surface area contributed by atoms with E-state index in [4.69, 9.17) is 28.8 Å². The molecule has 1 aliphatic heterocycles. The van der Waals surface area contributed by atoms with Crippen molar-refractivity contribution in [3.8, 4) is 5.75 Å². The highest BCUT2D eigenvalue weighted by molar-refractivity contribution is 6.12. The number of nitrogens with one attached hydrogen (secondary N) is 2. The van der Waals surface area contributed by atoms with Crippen molar-refractivity contribution >= 4 is 35.6 Å². The summed E-state index contributed by atoms with van der Waals surface area (Å²) >= 11 is 0. The van der Waals surface area contributed by atoms with Gasteiger partial charge in [0.05, 0.1) is 59.2 Å². The van der Waals surface area contributed by atoms with E-state index in [1.807, 2.05) is 6.92 Å². The first-order valence-corrected chi connectivity index (χ1v) is 15.7. The van der Waals surface area contributed by atoms with Gasteiger partial charge in [0.15, 0.2) is 0 Å². The van der Waals surface area contributed by atoms with Gasteiger partial charge in [-0.1, -0.05) is 19.4 Å². The number of aliphatic carboxylic acids is 1. The van der Waals surface area contributed by atoms with Gasteiger partial charge in [0.1, 0.15) is 18.4 Å². The van der Waals surface area contributed by atoms with Gasteiger partial charge in [0.25, 0.3) is 17.7 Å². The quantitative estimate of drug-likeness (QED) is 0.0730. The van der Waals surface area contributed by atoms with Crippen LogP contribution in [0.3, 0.4) is 0 Å². The van der Waals surface area contributed by atoms with Gasteiger partial charge in [-0.25, -0.2) is 4.79 Å². The Hall–Kier alpha value is -4.34. The number of ether oxygens (including phenoxy) is 5. The third-order valence-corrected chi connectivity index (χ3v) is 6.59. The molecule has 260 valence electrons. The number of rotatable bonds is 26. The Bertz CT molecular complexity index is 1190. The van der Waals surface area contributed by atoms with Gasteiger partial charge < -0.3 is 39.4 Å². The number of hydrogen-bond donors (Lipinski definition) is 3. The third-order valence-electron chi connectivity index (χ3n) is 6.59.